The van der Waals surface area contributed by atoms with E-state index < -0.39 is 0 Å². The van der Waals surface area contributed by atoms with Crippen molar-refractivity contribution in [3.05, 3.63) is 78.1 Å². The number of hydrogen-bond acceptors (Lipinski definition) is 3. The van der Waals surface area contributed by atoms with Gasteiger partial charge in [0.1, 0.15) is 5.04 Å². The van der Waals surface area contributed by atoms with Crippen LogP contribution in [0.15, 0.2) is 66.9 Å². The summed E-state index contributed by atoms with van der Waals surface area (Å²) >= 11 is 1.51. The highest BCUT2D eigenvalue weighted by atomic mass is 79.9. The van der Waals surface area contributed by atoms with Gasteiger partial charge >= 0.3 is 0 Å². The Labute approximate surface area is 138 Å². The molecule has 0 radical (unpaired) electrons. The van der Waals surface area contributed by atoms with Crippen molar-refractivity contribution >= 4 is 44.6 Å². The largest absolute Gasteiger partial charge is 0.292 e. The highest BCUT2D eigenvalue weighted by Gasteiger charge is 2.04. The van der Waals surface area contributed by atoms with E-state index in [0.717, 1.165) is 11.4 Å². The first-order chi connectivity index (χ1) is 9.83. The maximum Gasteiger partial charge on any atom is 0.113 e. The maximum absolute atomic E-state index is 8.04. The molecule has 0 amide bonds. The summed E-state index contributed by atoms with van der Waals surface area (Å²) in [5.41, 5.74) is 1.97. The summed E-state index contributed by atoms with van der Waals surface area (Å²) in [5, 5.41) is 11.1. The zero-order valence-corrected chi connectivity index (χ0v) is 13.9. The van der Waals surface area contributed by atoms with E-state index in [1.54, 1.807) is 6.20 Å². The SMILES string of the molecule is Br.N=C(SCc1ccc2ccccc2c1)c1ccccn1. The van der Waals surface area contributed by atoms with Gasteiger partial charge in [-0.05, 0) is 28.5 Å². The molecule has 0 aliphatic carbocycles. The van der Waals surface area contributed by atoms with Crippen LogP contribution < -0.4 is 0 Å². The average Bonchev–Trinajstić information content (AvgIpc) is 2.53. The molecule has 1 aromatic heterocycles. The summed E-state index contributed by atoms with van der Waals surface area (Å²) < 4.78 is 0. The van der Waals surface area contributed by atoms with Crippen molar-refractivity contribution in [2.24, 2.45) is 0 Å². The lowest BCUT2D eigenvalue weighted by molar-refractivity contribution is 1.29. The molecule has 0 saturated carbocycles. The standard InChI is InChI=1S/C17H14N2S.BrH/c18-17(16-7-3-4-10-19-16)20-12-13-8-9-14-5-1-2-6-15(14)11-13;/h1-11,18H,12H2;1H. The van der Waals surface area contributed by atoms with Gasteiger partial charge in [-0.25, -0.2) is 0 Å². The molecule has 0 aliphatic heterocycles. The lowest BCUT2D eigenvalue weighted by Crippen LogP contribution is -1.97. The molecule has 2 nitrogen and oxygen atoms in total. The van der Waals surface area contributed by atoms with E-state index in [0.29, 0.717) is 5.04 Å². The van der Waals surface area contributed by atoms with Gasteiger partial charge in [-0.3, -0.25) is 10.4 Å². The van der Waals surface area contributed by atoms with Crippen LogP contribution in [0.1, 0.15) is 11.3 Å². The molecular weight excluding hydrogens is 344 g/mol. The second-order valence-corrected chi connectivity index (χ2v) is 5.50. The van der Waals surface area contributed by atoms with Gasteiger partial charge in [0.05, 0.1) is 5.69 Å². The van der Waals surface area contributed by atoms with Gasteiger partial charge in [0.15, 0.2) is 0 Å². The normalized spacial score (nSPS) is 10.1. The fraction of sp³-hybridized carbons (Fsp3) is 0.0588. The number of thioether (sulfide) groups is 1. The summed E-state index contributed by atoms with van der Waals surface area (Å²) in [6.07, 6.45) is 1.72. The highest BCUT2D eigenvalue weighted by Crippen LogP contribution is 2.21. The number of rotatable bonds is 3. The van der Waals surface area contributed by atoms with Gasteiger partial charge in [0.25, 0.3) is 0 Å². The number of pyridine rings is 1. The van der Waals surface area contributed by atoms with E-state index in [2.05, 4.69) is 41.4 Å². The maximum atomic E-state index is 8.04. The molecule has 2 aromatic carbocycles. The second-order valence-electron chi connectivity index (χ2n) is 4.51. The summed E-state index contributed by atoms with van der Waals surface area (Å²) in [5.74, 6) is 0.792. The Kier molecular flexibility index (Phi) is 5.53. The van der Waals surface area contributed by atoms with Crippen LogP contribution in [0.25, 0.3) is 10.8 Å². The Balaban J connectivity index is 0.00000161. The third-order valence-corrected chi connectivity index (χ3v) is 4.07. The predicted octanol–water partition coefficient (Wildman–Crippen LogP) is 5.07. The van der Waals surface area contributed by atoms with Crippen molar-refractivity contribution in [1.29, 1.82) is 5.41 Å². The Morgan fingerprint density at radius 2 is 1.71 bits per heavy atom. The minimum atomic E-state index is 0. The summed E-state index contributed by atoms with van der Waals surface area (Å²) in [6, 6.07) is 20.4. The molecule has 0 fully saturated rings. The second kappa shape index (κ2) is 7.38. The number of benzene rings is 2. The van der Waals surface area contributed by atoms with Gasteiger partial charge < -0.3 is 0 Å². The number of halogens is 1. The average molecular weight is 359 g/mol. The van der Waals surface area contributed by atoms with E-state index >= 15 is 0 Å². The number of aromatic nitrogens is 1. The van der Waals surface area contributed by atoms with Gasteiger partial charge in [-0.2, -0.15) is 0 Å². The molecule has 21 heavy (non-hydrogen) atoms. The zero-order chi connectivity index (χ0) is 13.8. The molecule has 0 aliphatic rings. The van der Waals surface area contributed by atoms with Crippen LogP contribution in [0.5, 0.6) is 0 Å². The molecule has 3 rings (SSSR count). The van der Waals surface area contributed by atoms with Crippen molar-refractivity contribution in [2.45, 2.75) is 5.75 Å². The zero-order valence-electron chi connectivity index (χ0n) is 11.3. The number of hydrogen-bond donors (Lipinski definition) is 1. The van der Waals surface area contributed by atoms with Gasteiger partial charge in [-0.15, -0.1) is 28.7 Å². The van der Waals surface area contributed by atoms with E-state index in [1.165, 1.54) is 28.1 Å². The third kappa shape index (κ3) is 3.93. The van der Waals surface area contributed by atoms with Gasteiger partial charge in [0, 0.05) is 11.9 Å². The van der Waals surface area contributed by atoms with Crippen LogP contribution in [0.2, 0.25) is 0 Å². The monoisotopic (exact) mass is 358 g/mol. The van der Waals surface area contributed by atoms with E-state index in [9.17, 15) is 0 Å². The third-order valence-electron chi connectivity index (χ3n) is 3.09. The van der Waals surface area contributed by atoms with Gasteiger partial charge in [0.2, 0.25) is 0 Å². The minimum absolute atomic E-state index is 0. The van der Waals surface area contributed by atoms with Crippen molar-refractivity contribution in [2.75, 3.05) is 0 Å². The number of nitrogens with zero attached hydrogens (tertiary/aromatic N) is 1. The van der Waals surface area contributed by atoms with Crippen molar-refractivity contribution < 1.29 is 0 Å². The van der Waals surface area contributed by atoms with E-state index in [4.69, 9.17) is 5.41 Å². The predicted molar refractivity (Wildman–Crippen MR) is 96.6 cm³/mol. The van der Waals surface area contributed by atoms with Crippen LogP contribution in [0.4, 0.5) is 0 Å². The molecule has 106 valence electrons. The van der Waals surface area contributed by atoms with Crippen molar-refractivity contribution in [3.63, 3.8) is 0 Å². The van der Waals surface area contributed by atoms with Gasteiger partial charge in [-0.1, -0.05) is 48.5 Å². The van der Waals surface area contributed by atoms with E-state index in [-0.39, 0.29) is 17.0 Å². The minimum Gasteiger partial charge on any atom is -0.292 e. The summed E-state index contributed by atoms with van der Waals surface area (Å²) in [4.78, 5) is 4.20. The number of nitrogens with one attached hydrogen (secondary N) is 1. The van der Waals surface area contributed by atoms with E-state index in [1.807, 2.05) is 24.3 Å². The lowest BCUT2D eigenvalue weighted by Gasteiger charge is -2.05. The van der Waals surface area contributed by atoms with Crippen LogP contribution in [0, 0.1) is 5.41 Å². The van der Waals surface area contributed by atoms with Crippen LogP contribution in [0.3, 0.4) is 0 Å². The molecule has 0 bridgehead atoms. The summed E-state index contributed by atoms with van der Waals surface area (Å²) in [7, 11) is 0. The lowest BCUT2D eigenvalue weighted by atomic mass is 10.1. The molecule has 0 spiro atoms. The van der Waals surface area contributed by atoms with Crippen LogP contribution in [-0.2, 0) is 5.75 Å². The fourth-order valence-electron chi connectivity index (χ4n) is 2.06. The fourth-order valence-corrected chi connectivity index (χ4v) is 2.81. The quantitative estimate of drug-likeness (QED) is 0.524. The molecule has 0 saturated heterocycles. The first-order valence-corrected chi connectivity index (χ1v) is 7.42. The van der Waals surface area contributed by atoms with Crippen LogP contribution >= 0.6 is 28.7 Å². The summed E-state index contributed by atoms with van der Waals surface area (Å²) in [6.45, 7) is 0. The molecule has 3 aromatic rings. The van der Waals surface area contributed by atoms with Crippen molar-refractivity contribution in [1.82, 2.24) is 4.98 Å². The number of fused-ring (bicyclic) bond motifs is 1. The first-order valence-electron chi connectivity index (χ1n) is 6.43. The Hall–Kier alpha value is -1.65. The first kappa shape index (κ1) is 15.7. The Morgan fingerprint density at radius 3 is 2.48 bits per heavy atom. The Bertz CT molecular complexity index is 744. The molecule has 1 N–H and O–H groups in total. The highest BCUT2D eigenvalue weighted by molar-refractivity contribution is 8.93. The molecule has 0 atom stereocenters. The van der Waals surface area contributed by atoms with Crippen LogP contribution in [-0.4, -0.2) is 10.0 Å². The smallest absolute Gasteiger partial charge is 0.113 e. The topological polar surface area (TPSA) is 36.7 Å². The molecule has 0 unspecified atom stereocenters. The van der Waals surface area contributed by atoms with Crippen molar-refractivity contribution in [3.8, 4) is 0 Å². The Morgan fingerprint density at radius 1 is 0.952 bits per heavy atom. The molecule has 4 heteroatoms. The molecule has 1 heterocycles. The molecular formula is C17H15BrN2S.